The Bertz CT molecular complexity index is 665. The van der Waals surface area contributed by atoms with Crippen LogP contribution < -0.4 is 0 Å². The van der Waals surface area contributed by atoms with Crippen molar-refractivity contribution in [3.05, 3.63) is 29.3 Å². The van der Waals surface area contributed by atoms with Gasteiger partial charge in [0.25, 0.3) is 0 Å². The van der Waals surface area contributed by atoms with Crippen LogP contribution in [0.5, 0.6) is 0 Å². The monoisotopic (exact) mass is 335 g/mol. The topological polar surface area (TPSA) is 73.1 Å². The molecule has 0 spiro atoms. The average molecular weight is 336 g/mol. The van der Waals surface area contributed by atoms with Gasteiger partial charge in [0.05, 0.1) is 6.10 Å². The lowest BCUT2D eigenvalue weighted by molar-refractivity contribution is -0.134. The molecule has 2 heterocycles. The number of rotatable bonds is 4. The molecule has 1 aliphatic rings. The highest BCUT2D eigenvalue weighted by Crippen LogP contribution is 2.17. The summed E-state index contributed by atoms with van der Waals surface area (Å²) in [5.41, 5.74) is 0.814. The molecule has 0 unspecified atom stereocenters. The van der Waals surface area contributed by atoms with Gasteiger partial charge in [0, 0.05) is 30.8 Å². The van der Waals surface area contributed by atoms with Gasteiger partial charge in [0.1, 0.15) is 6.54 Å². The molecule has 0 atom stereocenters. The van der Waals surface area contributed by atoms with E-state index in [-0.39, 0.29) is 18.6 Å². The molecule has 8 heteroatoms. The highest BCUT2D eigenvalue weighted by molar-refractivity contribution is 6.30. The van der Waals surface area contributed by atoms with E-state index in [0.29, 0.717) is 23.9 Å². The fourth-order valence-electron chi connectivity index (χ4n) is 2.59. The average Bonchev–Trinajstić information content (AvgIpc) is 3.04. The lowest BCUT2D eigenvalue weighted by Crippen LogP contribution is -2.42. The molecule has 0 bridgehead atoms. The minimum atomic E-state index is -0.000362. The number of hydrogen-bond donors (Lipinski definition) is 0. The lowest BCUT2D eigenvalue weighted by Gasteiger charge is -2.31. The summed E-state index contributed by atoms with van der Waals surface area (Å²) in [6, 6.07) is 7.17. The molecule has 3 rings (SSSR count). The van der Waals surface area contributed by atoms with Crippen molar-refractivity contribution in [3.63, 3.8) is 0 Å². The standard InChI is InChI=1S/C15H18ClN5O2/c1-23-13-6-8-20(9-7-13)14(22)10-21-18-15(17-19-21)11-2-4-12(16)5-3-11/h2-5,13H,6-10H2,1H3. The molecule has 1 saturated heterocycles. The van der Waals surface area contributed by atoms with Gasteiger partial charge in [-0.05, 0) is 42.3 Å². The van der Waals surface area contributed by atoms with Crippen molar-refractivity contribution >= 4 is 17.5 Å². The number of carbonyl (C=O) groups is 1. The van der Waals surface area contributed by atoms with Crippen molar-refractivity contribution in [1.82, 2.24) is 25.1 Å². The number of tetrazole rings is 1. The Balaban J connectivity index is 1.60. The van der Waals surface area contributed by atoms with Crippen LogP contribution in [0.4, 0.5) is 0 Å². The second-order valence-electron chi connectivity index (χ2n) is 5.47. The van der Waals surface area contributed by atoms with Crippen molar-refractivity contribution in [2.24, 2.45) is 0 Å². The molecule has 1 fully saturated rings. The van der Waals surface area contributed by atoms with Gasteiger partial charge in [0.2, 0.25) is 11.7 Å². The zero-order valence-corrected chi connectivity index (χ0v) is 13.6. The van der Waals surface area contributed by atoms with Crippen LogP contribution in [0.1, 0.15) is 12.8 Å². The van der Waals surface area contributed by atoms with Gasteiger partial charge in [-0.3, -0.25) is 4.79 Å². The summed E-state index contributed by atoms with van der Waals surface area (Å²) in [5, 5.41) is 12.8. The quantitative estimate of drug-likeness (QED) is 0.849. The molecule has 1 amide bonds. The second-order valence-corrected chi connectivity index (χ2v) is 5.90. The Morgan fingerprint density at radius 2 is 2.00 bits per heavy atom. The molecule has 23 heavy (non-hydrogen) atoms. The molecule has 0 N–H and O–H groups in total. The van der Waals surface area contributed by atoms with E-state index < -0.39 is 0 Å². The molecule has 0 radical (unpaired) electrons. The second kappa shape index (κ2) is 7.06. The van der Waals surface area contributed by atoms with Gasteiger partial charge in [-0.1, -0.05) is 11.6 Å². The first-order valence-electron chi connectivity index (χ1n) is 7.50. The van der Waals surface area contributed by atoms with E-state index in [4.69, 9.17) is 16.3 Å². The van der Waals surface area contributed by atoms with E-state index in [9.17, 15) is 4.79 Å². The number of amides is 1. The van der Waals surface area contributed by atoms with Gasteiger partial charge in [-0.15, -0.1) is 10.2 Å². The highest BCUT2D eigenvalue weighted by atomic mass is 35.5. The summed E-state index contributed by atoms with van der Waals surface area (Å²) in [5.74, 6) is 0.479. The molecule has 0 aliphatic carbocycles. The Kier molecular flexibility index (Phi) is 4.88. The fourth-order valence-corrected chi connectivity index (χ4v) is 2.71. The van der Waals surface area contributed by atoms with Crippen molar-refractivity contribution < 1.29 is 9.53 Å². The molecular formula is C15H18ClN5O2. The van der Waals surface area contributed by atoms with E-state index in [1.807, 2.05) is 17.0 Å². The smallest absolute Gasteiger partial charge is 0.246 e. The highest BCUT2D eigenvalue weighted by Gasteiger charge is 2.23. The number of ether oxygens (including phenoxy) is 1. The zero-order valence-electron chi connectivity index (χ0n) is 12.9. The van der Waals surface area contributed by atoms with Crippen LogP contribution in [-0.4, -0.2) is 57.3 Å². The molecule has 2 aromatic rings. The maximum absolute atomic E-state index is 12.3. The van der Waals surface area contributed by atoms with E-state index in [0.717, 1.165) is 18.4 Å². The third-order valence-corrected chi connectivity index (χ3v) is 4.21. The first kappa shape index (κ1) is 15.9. The first-order chi connectivity index (χ1) is 11.2. The van der Waals surface area contributed by atoms with Gasteiger partial charge in [-0.2, -0.15) is 4.80 Å². The third-order valence-electron chi connectivity index (χ3n) is 3.96. The van der Waals surface area contributed by atoms with Crippen LogP contribution in [0, 0.1) is 0 Å². The summed E-state index contributed by atoms with van der Waals surface area (Å²) in [7, 11) is 1.71. The summed E-state index contributed by atoms with van der Waals surface area (Å²) in [6.07, 6.45) is 1.98. The molecular weight excluding hydrogens is 318 g/mol. The lowest BCUT2D eigenvalue weighted by atomic mass is 10.1. The Hall–Kier alpha value is -1.99. The summed E-state index contributed by atoms with van der Waals surface area (Å²) in [6.45, 7) is 1.50. The summed E-state index contributed by atoms with van der Waals surface area (Å²) < 4.78 is 5.31. The van der Waals surface area contributed by atoms with E-state index in [2.05, 4.69) is 15.4 Å². The molecule has 1 aromatic heterocycles. The third kappa shape index (κ3) is 3.86. The maximum atomic E-state index is 12.3. The number of methoxy groups -OCH3 is 1. The number of nitrogens with zero attached hydrogens (tertiary/aromatic N) is 5. The fraction of sp³-hybridized carbons (Fsp3) is 0.467. The van der Waals surface area contributed by atoms with Crippen LogP contribution in [0.2, 0.25) is 5.02 Å². The molecule has 7 nitrogen and oxygen atoms in total. The minimum Gasteiger partial charge on any atom is -0.381 e. The minimum absolute atomic E-state index is 0.000362. The Morgan fingerprint density at radius 3 is 2.65 bits per heavy atom. The largest absolute Gasteiger partial charge is 0.381 e. The van der Waals surface area contributed by atoms with Gasteiger partial charge < -0.3 is 9.64 Å². The zero-order chi connectivity index (χ0) is 16.2. The van der Waals surface area contributed by atoms with Crippen molar-refractivity contribution in [3.8, 4) is 11.4 Å². The predicted molar refractivity (Wildman–Crippen MR) is 84.9 cm³/mol. The van der Waals surface area contributed by atoms with Gasteiger partial charge in [-0.25, -0.2) is 0 Å². The normalized spacial score (nSPS) is 15.8. The van der Waals surface area contributed by atoms with Crippen LogP contribution >= 0.6 is 11.6 Å². The van der Waals surface area contributed by atoms with Crippen LogP contribution in [-0.2, 0) is 16.1 Å². The van der Waals surface area contributed by atoms with Crippen molar-refractivity contribution in [2.75, 3.05) is 20.2 Å². The van der Waals surface area contributed by atoms with Crippen molar-refractivity contribution in [2.45, 2.75) is 25.5 Å². The SMILES string of the molecule is COC1CCN(C(=O)Cn2nnc(-c3ccc(Cl)cc3)n2)CC1. The van der Waals surface area contributed by atoms with E-state index >= 15 is 0 Å². The number of benzene rings is 1. The molecule has 0 saturated carbocycles. The van der Waals surface area contributed by atoms with Crippen LogP contribution in [0.3, 0.4) is 0 Å². The van der Waals surface area contributed by atoms with Crippen LogP contribution in [0.15, 0.2) is 24.3 Å². The van der Waals surface area contributed by atoms with Crippen molar-refractivity contribution in [1.29, 1.82) is 0 Å². The Labute approximate surface area is 139 Å². The number of halogens is 1. The molecule has 122 valence electrons. The molecule has 1 aliphatic heterocycles. The number of piperidine rings is 1. The number of carbonyl (C=O) groups excluding carboxylic acids is 1. The number of aromatic nitrogens is 4. The Morgan fingerprint density at radius 1 is 1.30 bits per heavy atom. The first-order valence-corrected chi connectivity index (χ1v) is 7.88. The predicted octanol–water partition coefficient (Wildman–Crippen LogP) is 1.63. The summed E-state index contributed by atoms with van der Waals surface area (Å²) in [4.78, 5) is 15.4. The van der Waals surface area contributed by atoms with Gasteiger partial charge in [0.15, 0.2) is 0 Å². The van der Waals surface area contributed by atoms with E-state index in [1.54, 1.807) is 19.2 Å². The van der Waals surface area contributed by atoms with Crippen LogP contribution in [0.25, 0.3) is 11.4 Å². The molecule has 1 aromatic carbocycles. The summed E-state index contributed by atoms with van der Waals surface area (Å²) >= 11 is 5.86. The maximum Gasteiger partial charge on any atom is 0.246 e. The number of hydrogen-bond acceptors (Lipinski definition) is 5. The van der Waals surface area contributed by atoms with E-state index in [1.165, 1.54) is 4.80 Å². The number of likely N-dealkylation sites (tertiary alicyclic amines) is 1. The van der Waals surface area contributed by atoms with Gasteiger partial charge >= 0.3 is 0 Å².